The van der Waals surface area contributed by atoms with Gasteiger partial charge in [0.2, 0.25) is 0 Å². The average molecular weight is 281 g/mol. The number of nitrogens with zero attached hydrogens (tertiary/aromatic N) is 2. The standard InChI is InChI=1S/C10H5ClN4O4/c11-4-1-5-6(9-13-14-10(16)19-9)3-12-8(5)7(2-4)15(17)18/h1-3,12H,(H,14,16). The van der Waals surface area contributed by atoms with Gasteiger partial charge in [0.15, 0.2) is 0 Å². The molecule has 0 atom stereocenters. The Hall–Kier alpha value is -2.61. The van der Waals surface area contributed by atoms with Gasteiger partial charge >= 0.3 is 5.76 Å². The van der Waals surface area contributed by atoms with Crippen LogP contribution in [0.3, 0.4) is 0 Å². The Bertz CT molecular complexity index is 847. The number of benzene rings is 1. The second-order valence-corrected chi connectivity index (χ2v) is 4.16. The molecule has 96 valence electrons. The van der Waals surface area contributed by atoms with E-state index in [4.69, 9.17) is 16.0 Å². The van der Waals surface area contributed by atoms with Crippen molar-refractivity contribution in [2.45, 2.75) is 0 Å². The van der Waals surface area contributed by atoms with Crippen LogP contribution in [-0.2, 0) is 0 Å². The van der Waals surface area contributed by atoms with Gasteiger partial charge in [0.05, 0.1) is 10.5 Å². The van der Waals surface area contributed by atoms with E-state index >= 15 is 0 Å². The number of aromatic amines is 2. The maximum absolute atomic E-state index is 10.9. The van der Waals surface area contributed by atoms with Gasteiger partial charge in [-0.2, -0.15) is 0 Å². The number of fused-ring (bicyclic) bond motifs is 1. The molecule has 2 N–H and O–H groups in total. The van der Waals surface area contributed by atoms with Crippen molar-refractivity contribution < 1.29 is 9.34 Å². The van der Waals surface area contributed by atoms with Gasteiger partial charge in [-0.15, -0.1) is 5.10 Å². The number of hydrogen-bond acceptors (Lipinski definition) is 5. The van der Waals surface area contributed by atoms with Crippen molar-refractivity contribution in [2.75, 3.05) is 0 Å². The van der Waals surface area contributed by atoms with Crippen molar-refractivity contribution >= 4 is 28.2 Å². The lowest BCUT2D eigenvalue weighted by Crippen LogP contribution is -1.93. The zero-order chi connectivity index (χ0) is 13.6. The number of rotatable bonds is 2. The monoisotopic (exact) mass is 280 g/mol. The maximum Gasteiger partial charge on any atom is 0.434 e. The van der Waals surface area contributed by atoms with Gasteiger partial charge in [-0.25, -0.2) is 9.89 Å². The van der Waals surface area contributed by atoms with E-state index in [1.807, 2.05) is 0 Å². The first-order chi connectivity index (χ1) is 9.06. The highest BCUT2D eigenvalue weighted by molar-refractivity contribution is 6.32. The van der Waals surface area contributed by atoms with Crippen LogP contribution in [0.4, 0.5) is 5.69 Å². The molecule has 0 saturated heterocycles. The Labute approximate surface area is 109 Å². The van der Waals surface area contributed by atoms with Crippen LogP contribution in [0.1, 0.15) is 0 Å². The van der Waals surface area contributed by atoms with E-state index in [1.165, 1.54) is 18.3 Å². The fraction of sp³-hybridized carbons (Fsp3) is 0. The van der Waals surface area contributed by atoms with Crippen LogP contribution < -0.4 is 5.76 Å². The Morgan fingerprint density at radius 1 is 1.42 bits per heavy atom. The maximum atomic E-state index is 10.9. The van der Waals surface area contributed by atoms with E-state index < -0.39 is 10.7 Å². The predicted molar refractivity (Wildman–Crippen MR) is 66.1 cm³/mol. The van der Waals surface area contributed by atoms with Crippen LogP contribution in [0.5, 0.6) is 0 Å². The van der Waals surface area contributed by atoms with Crippen LogP contribution >= 0.6 is 11.6 Å². The zero-order valence-electron chi connectivity index (χ0n) is 9.14. The summed E-state index contributed by atoms with van der Waals surface area (Å²) in [5.41, 5.74) is 0.542. The Morgan fingerprint density at radius 3 is 2.84 bits per heavy atom. The Kier molecular flexibility index (Phi) is 2.39. The first-order valence-corrected chi connectivity index (χ1v) is 5.45. The summed E-state index contributed by atoms with van der Waals surface area (Å²) in [7, 11) is 0. The van der Waals surface area contributed by atoms with Gasteiger partial charge in [0.25, 0.3) is 11.6 Å². The predicted octanol–water partition coefficient (Wildman–Crippen LogP) is 2.07. The van der Waals surface area contributed by atoms with Gasteiger partial charge in [-0.05, 0) is 6.07 Å². The summed E-state index contributed by atoms with van der Waals surface area (Å²) in [4.78, 5) is 24.1. The molecule has 2 aromatic heterocycles. The summed E-state index contributed by atoms with van der Waals surface area (Å²) in [5.74, 6) is -0.673. The van der Waals surface area contributed by atoms with Crippen LogP contribution in [0.2, 0.25) is 5.02 Å². The molecule has 9 heteroatoms. The minimum atomic E-state index is -0.708. The summed E-state index contributed by atoms with van der Waals surface area (Å²) in [5, 5.41) is 17.4. The summed E-state index contributed by atoms with van der Waals surface area (Å²) in [6.45, 7) is 0. The Morgan fingerprint density at radius 2 is 2.21 bits per heavy atom. The Balaban J connectivity index is 2.34. The molecule has 3 aromatic rings. The third kappa shape index (κ3) is 1.78. The molecule has 2 heterocycles. The number of nitro benzene ring substituents is 1. The van der Waals surface area contributed by atoms with Crippen molar-refractivity contribution in [3.05, 3.63) is 44.0 Å². The fourth-order valence-electron chi connectivity index (χ4n) is 1.84. The normalized spacial score (nSPS) is 11.0. The number of hydrogen-bond donors (Lipinski definition) is 2. The lowest BCUT2D eigenvalue weighted by molar-refractivity contribution is -0.383. The molecule has 0 unspecified atom stereocenters. The molecular weight excluding hydrogens is 276 g/mol. The summed E-state index contributed by atoms with van der Waals surface area (Å²) >= 11 is 5.85. The molecule has 3 rings (SSSR count). The van der Waals surface area contributed by atoms with Gasteiger partial charge in [-0.1, -0.05) is 11.6 Å². The molecule has 0 aliphatic carbocycles. The third-order valence-electron chi connectivity index (χ3n) is 2.60. The summed E-state index contributed by atoms with van der Waals surface area (Å²) in [6, 6.07) is 2.77. The van der Waals surface area contributed by atoms with Crippen molar-refractivity contribution in [3.63, 3.8) is 0 Å². The molecule has 0 amide bonds. The lowest BCUT2D eigenvalue weighted by Gasteiger charge is -1.97. The third-order valence-corrected chi connectivity index (χ3v) is 2.82. The number of nitrogens with one attached hydrogen (secondary N) is 2. The van der Waals surface area contributed by atoms with Crippen LogP contribution in [-0.4, -0.2) is 20.1 Å². The van der Waals surface area contributed by atoms with Gasteiger partial charge in [-0.3, -0.25) is 10.1 Å². The summed E-state index contributed by atoms with van der Waals surface area (Å²) in [6.07, 6.45) is 1.47. The SMILES string of the molecule is O=c1[nH]nc(-c2c[nH]c3c([N+](=O)[O-])cc(Cl)cc23)o1. The molecule has 0 aliphatic heterocycles. The molecule has 0 spiro atoms. The van der Waals surface area contributed by atoms with E-state index in [2.05, 4.69) is 15.2 Å². The lowest BCUT2D eigenvalue weighted by atomic mass is 10.1. The average Bonchev–Trinajstić information content (AvgIpc) is 2.93. The van der Waals surface area contributed by atoms with Crippen molar-refractivity contribution in [3.8, 4) is 11.5 Å². The van der Waals surface area contributed by atoms with E-state index in [-0.39, 0.29) is 22.1 Å². The number of non-ortho nitro benzene ring substituents is 1. The van der Waals surface area contributed by atoms with E-state index in [0.717, 1.165) is 0 Å². The van der Waals surface area contributed by atoms with Crippen LogP contribution in [0.25, 0.3) is 22.4 Å². The molecule has 19 heavy (non-hydrogen) atoms. The highest BCUT2D eigenvalue weighted by Crippen LogP contribution is 2.34. The second kappa shape index (κ2) is 3.95. The number of nitro groups is 1. The smallest absolute Gasteiger partial charge is 0.388 e. The van der Waals surface area contributed by atoms with Crippen molar-refractivity contribution in [1.29, 1.82) is 0 Å². The molecule has 0 saturated carbocycles. The highest BCUT2D eigenvalue weighted by atomic mass is 35.5. The van der Waals surface area contributed by atoms with Crippen molar-refractivity contribution in [2.24, 2.45) is 0 Å². The molecule has 8 nitrogen and oxygen atoms in total. The van der Waals surface area contributed by atoms with E-state index in [0.29, 0.717) is 10.9 Å². The first-order valence-electron chi connectivity index (χ1n) is 5.07. The molecule has 0 radical (unpaired) electrons. The first kappa shape index (κ1) is 11.5. The largest absolute Gasteiger partial charge is 0.434 e. The number of H-pyrrole nitrogens is 2. The molecule has 1 aromatic carbocycles. The molecule has 0 fully saturated rings. The minimum absolute atomic E-state index is 0.0350. The van der Waals surface area contributed by atoms with Gasteiger partial charge in [0.1, 0.15) is 5.52 Å². The quantitative estimate of drug-likeness (QED) is 0.550. The minimum Gasteiger partial charge on any atom is -0.388 e. The van der Waals surface area contributed by atoms with Crippen molar-refractivity contribution in [1.82, 2.24) is 15.2 Å². The number of aromatic nitrogens is 3. The van der Waals surface area contributed by atoms with E-state index in [9.17, 15) is 14.9 Å². The van der Waals surface area contributed by atoms with E-state index in [1.54, 1.807) is 0 Å². The zero-order valence-corrected chi connectivity index (χ0v) is 9.89. The van der Waals surface area contributed by atoms with Gasteiger partial charge in [0, 0.05) is 22.7 Å². The second-order valence-electron chi connectivity index (χ2n) is 3.73. The molecular formula is C10H5ClN4O4. The van der Waals surface area contributed by atoms with Gasteiger partial charge < -0.3 is 9.40 Å². The highest BCUT2D eigenvalue weighted by Gasteiger charge is 2.20. The fourth-order valence-corrected chi connectivity index (χ4v) is 2.06. The topological polar surface area (TPSA) is 118 Å². The number of halogens is 1. The van der Waals surface area contributed by atoms with Crippen LogP contribution in [0, 0.1) is 10.1 Å². The molecule has 0 bridgehead atoms. The molecule has 0 aliphatic rings. The van der Waals surface area contributed by atoms with Crippen LogP contribution in [0.15, 0.2) is 27.5 Å². The summed E-state index contributed by atoms with van der Waals surface area (Å²) < 4.78 is 4.82.